The lowest BCUT2D eigenvalue weighted by Gasteiger charge is -2.47. The average molecular weight is 1120 g/mol. The van der Waals surface area contributed by atoms with Crippen molar-refractivity contribution in [2.45, 2.75) is 129 Å². The van der Waals surface area contributed by atoms with E-state index in [1.165, 1.54) is 66.5 Å². The van der Waals surface area contributed by atoms with Crippen LogP contribution in [0.15, 0.2) is 209 Å². The summed E-state index contributed by atoms with van der Waals surface area (Å²) in [5, 5.41) is 4.54. The first kappa shape index (κ1) is 52.8. The van der Waals surface area contributed by atoms with Crippen molar-refractivity contribution in [3.05, 3.63) is 228 Å². The van der Waals surface area contributed by atoms with Crippen LogP contribution in [0, 0.1) is 0 Å². The second kappa shape index (κ2) is 19.1. The van der Waals surface area contributed by atoms with Gasteiger partial charge in [0, 0.05) is 72.9 Å². The first-order valence-corrected chi connectivity index (χ1v) is 31.6. The minimum Gasteiger partial charge on any atom is -0.456 e. The summed E-state index contributed by atoms with van der Waals surface area (Å²) >= 11 is 0. The van der Waals surface area contributed by atoms with Gasteiger partial charge in [0.2, 0.25) is 0 Å². The molecular formula is C80H74BN3O2. The lowest BCUT2D eigenvalue weighted by atomic mass is 9.43. The molecule has 2 aliphatic carbocycles. The molecule has 0 N–H and O–H groups in total. The molecule has 424 valence electrons. The van der Waals surface area contributed by atoms with Crippen LogP contribution in [0.1, 0.15) is 129 Å². The van der Waals surface area contributed by atoms with Gasteiger partial charge >= 0.3 is 6.85 Å². The second-order valence-corrected chi connectivity index (χ2v) is 27.9. The topological polar surface area (TPSA) is 36.0 Å². The van der Waals surface area contributed by atoms with Gasteiger partial charge in [-0.3, -0.25) is 0 Å². The Balaban J connectivity index is 1.07. The summed E-state index contributed by atoms with van der Waals surface area (Å²) in [6, 6.07) is 75.6. The Morgan fingerprint density at radius 1 is 0.465 bits per heavy atom. The highest BCUT2D eigenvalue weighted by Crippen LogP contribution is 2.57. The third kappa shape index (κ3) is 7.97. The lowest BCUT2D eigenvalue weighted by Crippen LogP contribution is -2.61. The molecule has 2 aromatic heterocycles. The standard InChI is InChI=1S/C80H74BN3O2/c1-10-11-23-50-32-38-66(58(44-50)51-24-15-12-16-25-51)83-68-49-71-72(57-30-21-22-31-69(57)85-71)73-60-45-54(82(52-26-17-13-18-27-52)53-28-19-14-20-29-53)34-39-67(60)84(55-33-36-61-62(46-55)78(4,5)41-40-77(61,2)3)81(74(68)73)65-37-35-56-59-47-63-64(48-70(59)86-76(56)75(65)83)80(8,9)43-42-79(63,6)7/h12-22,24-39,44-49H,10-11,23,40-43H2,1-9H3. The van der Waals surface area contributed by atoms with Gasteiger partial charge in [0.25, 0.3) is 0 Å². The molecule has 86 heavy (non-hydrogen) atoms. The number of furan rings is 2. The van der Waals surface area contributed by atoms with Gasteiger partial charge in [0.05, 0.1) is 11.4 Å². The number of hydrogen-bond donors (Lipinski definition) is 0. The Bertz CT molecular complexity index is 4680. The van der Waals surface area contributed by atoms with E-state index < -0.39 is 0 Å². The van der Waals surface area contributed by atoms with Crippen LogP contribution in [-0.4, -0.2) is 6.85 Å². The molecule has 0 amide bonds. The molecule has 10 aromatic carbocycles. The van der Waals surface area contributed by atoms with E-state index in [4.69, 9.17) is 8.83 Å². The predicted molar refractivity (Wildman–Crippen MR) is 364 cm³/mol. The number of benzene rings is 10. The van der Waals surface area contributed by atoms with E-state index >= 15 is 0 Å². The van der Waals surface area contributed by atoms with Crippen molar-refractivity contribution >= 4 is 107 Å². The molecule has 0 fully saturated rings. The van der Waals surface area contributed by atoms with Gasteiger partial charge in [0.15, 0.2) is 5.58 Å². The summed E-state index contributed by atoms with van der Waals surface area (Å²) in [6.45, 7) is 21.5. The van der Waals surface area contributed by atoms with Crippen LogP contribution in [-0.2, 0) is 28.1 Å². The number of para-hydroxylation sites is 3. The van der Waals surface area contributed by atoms with Gasteiger partial charge < -0.3 is 23.4 Å². The van der Waals surface area contributed by atoms with E-state index in [0.717, 1.165) is 129 Å². The first-order valence-electron chi connectivity index (χ1n) is 31.6. The number of aryl methyl sites for hydroxylation is 1. The molecule has 0 atom stereocenters. The summed E-state index contributed by atoms with van der Waals surface area (Å²) < 4.78 is 15.0. The Morgan fingerprint density at radius 3 is 1.79 bits per heavy atom. The van der Waals surface area contributed by atoms with Crippen molar-refractivity contribution in [1.82, 2.24) is 0 Å². The maximum atomic E-state index is 7.72. The van der Waals surface area contributed by atoms with Crippen LogP contribution in [0.25, 0.3) is 66.1 Å². The minimum atomic E-state index is -0.299. The number of hydrogen-bond acceptors (Lipinski definition) is 5. The summed E-state index contributed by atoms with van der Waals surface area (Å²) in [5.74, 6) is 0. The van der Waals surface area contributed by atoms with Crippen molar-refractivity contribution in [3.63, 3.8) is 0 Å². The third-order valence-electron chi connectivity index (χ3n) is 20.7. The van der Waals surface area contributed by atoms with Crippen LogP contribution in [0.2, 0.25) is 0 Å². The number of fused-ring (bicyclic) bond motifs is 14. The molecule has 0 bridgehead atoms. The van der Waals surface area contributed by atoms with E-state index in [1.54, 1.807) is 0 Å². The summed E-state index contributed by atoms with van der Waals surface area (Å²) in [6.07, 6.45) is 7.78. The molecule has 0 spiro atoms. The normalized spacial score (nSPS) is 16.7. The van der Waals surface area contributed by atoms with Gasteiger partial charge in [-0.2, -0.15) is 0 Å². The number of anilines is 8. The molecule has 4 aliphatic rings. The molecule has 0 saturated carbocycles. The summed E-state index contributed by atoms with van der Waals surface area (Å²) in [7, 11) is 0. The van der Waals surface area contributed by atoms with Crippen LogP contribution >= 0.6 is 0 Å². The molecule has 6 heteroatoms. The highest BCUT2D eigenvalue weighted by atomic mass is 16.3. The average Bonchev–Trinajstić information content (AvgIpc) is 1.17. The molecule has 0 radical (unpaired) electrons. The SMILES string of the molecule is CCCCc1ccc(N2c3cc4oc5ccccc5c4c4c3B(c3ccc5c(oc6cc7c(cc65)C(C)(C)CCC7(C)C)c32)N(c2ccc3c(c2)C(C)(C)CCC3(C)C)c2ccc(N(c3ccccc3)c3ccccc3)cc2-4)c(-c2ccccc2)c1. The molecule has 2 aliphatic heterocycles. The van der Waals surface area contributed by atoms with Crippen LogP contribution in [0.4, 0.5) is 45.5 Å². The molecule has 5 nitrogen and oxygen atoms in total. The zero-order chi connectivity index (χ0) is 58.6. The van der Waals surface area contributed by atoms with Gasteiger partial charge in [-0.05, 0) is 195 Å². The molecular weight excluding hydrogens is 1050 g/mol. The minimum absolute atomic E-state index is 0.00855. The highest BCUT2D eigenvalue weighted by Gasteiger charge is 2.49. The number of unbranched alkanes of at least 4 members (excludes halogenated alkanes) is 1. The van der Waals surface area contributed by atoms with Gasteiger partial charge in [-0.1, -0.05) is 178 Å². The van der Waals surface area contributed by atoms with E-state index in [9.17, 15) is 0 Å². The zero-order valence-electron chi connectivity index (χ0n) is 51.2. The first-order chi connectivity index (χ1) is 41.6. The summed E-state index contributed by atoms with van der Waals surface area (Å²) in [4.78, 5) is 7.73. The fraction of sp³-hybridized carbons (Fsp3) is 0.250. The van der Waals surface area contributed by atoms with Crippen molar-refractivity contribution in [3.8, 4) is 22.3 Å². The Morgan fingerprint density at radius 2 is 1.09 bits per heavy atom. The predicted octanol–water partition coefficient (Wildman–Crippen LogP) is 21.4. The molecule has 0 unspecified atom stereocenters. The second-order valence-electron chi connectivity index (χ2n) is 27.9. The third-order valence-corrected chi connectivity index (χ3v) is 20.7. The quantitative estimate of drug-likeness (QED) is 0.135. The van der Waals surface area contributed by atoms with Crippen molar-refractivity contribution < 1.29 is 8.83 Å². The summed E-state index contributed by atoms with van der Waals surface area (Å²) in [5.41, 5.74) is 26.6. The van der Waals surface area contributed by atoms with Crippen LogP contribution in [0.5, 0.6) is 0 Å². The molecule has 0 saturated heterocycles. The highest BCUT2D eigenvalue weighted by molar-refractivity contribution is 6.94. The van der Waals surface area contributed by atoms with E-state index in [0.29, 0.717) is 0 Å². The van der Waals surface area contributed by atoms with Crippen molar-refractivity contribution in [1.29, 1.82) is 0 Å². The fourth-order valence-corrected chi connectivity index (χ4v) is 15.8. The van der Waals surface area contributed by atoms with Gasteiger partial charge in [0.1, 0.15) is 16.7 Å². The smallest absolute Gasteiger partial charge is 0.333 e. The maximum absolute atomic E-state index is 7.72. The monoisotopic (exact) mass is 1120 g/mol. The van der Waals surface area contributed by atoms with Gasteiger partial charge in [-0.15, -0.1) is 0 Å². The fourth-order valence-electron chi connectivity index (χ4n) is 15.8. The van der Waals surface area contributed by atoms with E-state index in [1.807, 2.05) is 0 Å². The van der Waals surface area contributed by atoms with Gasteiger partial charge in [-0.25, -0.2) is 0 Å². The molecule has 12 aromatic rings. The van der Waals surface area contributed by atoms with Crippen LogP contribution < -0.4 is 25.5 Å². The van der Waals surface area contributed by atoms with Crippen molar-refractivity contribution in [2.24, 2.45) is 0 Å². The van der Waals surface area contributed by atoms with Crippen LogP contribution in [0.3, 0.4) is 0 Å². The lowest BCUT2D eigenvalue weighted by molar-refractivity contribution is 0.332. The maximum Gasteiger partial charge on any atom is 0.333 e. The number of nitrogens with zero attached hydrogens (tertiary/aromatic N) is 3. The number of rotatable bonds is 9. The molecule has 4 heterocycles. The Kier molecular flexibility index (Phi) is 11.7. The van der Waals surface area contributed by atoms with E-state index in [-0.39, 0.29) is 28.5 Å². The Hall–Kier alpha value is -8.74. The molecule has 16 rings (SSSR count). The zero-order valence-corrected chi connectivity index (χ0v) is 51.2. The van der Waals surface area contributed by atoms with Crippen molar-refractivity contribution in [2.75, 3.05) is 14.6 Å². The largest absolute Gasteiger partial charge is 0.456 e. The van der Waals surface area contributed by atoms with E-state index in [2.05, 4.69) is 277 Å². The Labute approximate surface area is 507 Å².